The number of nitrogens with one attached hydrogen (secondary N) is 1. The van der Waals surface area contributed by atoms with Crippen LogP contribution in [0.25, 0.3) is 0 Å². The summed E-state index contributed by atoms with van der Waals surface area (Å²) in [6.07, 6.45) is -0.755. The van der Waals surface area contributed by atoms with Crippen LogP contribution in [-0.4, -0.2) is 24.5 Å². The van der Waals surface area contributed by atoms with Crippen molar-refractivity contribution in [2.24, 2.45) is 5.73 Å². The van der Waals surface area contributed by atoms with Crippen molar-refractivity contribution in [2.75, 3.05) is 6.54 Å². The van der Waals surface area contributed by atoms with Gasteiger partial charge in [0.15, 0.2) is 6.10 Å². The highest BCUT2D eigenvalue weighted by Gasteiger charge is 2.15. The first kappa shape index (κ1) is 13.3. The second kappa shape index (κ2) is 6.10. The highest BCUT2D eigenvalue weighted by molar-refractivity contribution is 6.32. The maximum Gasteiger partial charge on any atom is 0.261 e. The number of para-hydroxylation sites is 1. The Morgan fingerprint density at radius 1 is 1.47 bits per heavy atom. The molecule has 1 unspecified atom stereocenters. The summed E-state index contributed by atoms with van der Waals surface area (Å²) in [4.78, 5) is 22.0. The predicted octanol–water partition coefficient (Wildman–Crippen LogP) is 0.709. The zero-order valence-electron chi connectivity index (χ0n) is 9.27. The second-order valence-electron chi connectivity index (χ2n) is 3.37. The lowest BCUT2D eigenvalue weighted by molar-refractivity contribution is -0.129. The molecule has 0 bridgehead atoms. The lowest BCUT2D eigenvalue weighted by atomic mass is 10.3. The van der Waals surface area contributed by atoms with Crippen LogP contribution in [0.2, 0.25) is 5.02 Å². The maximum atomic E-state index is 11.5. The monoisotopic (exact) mass is 256 g/mol. The Kier molecular flexibility index (Phi) is 4.78. The van der Waals surface area contributed by atoms with Gasteiger partial charge in [-0.15, -0.1) is 0 Å². The van der Waals surface area contributed by atoms with Crippen molar-refractivity contribution in [3.63, 3.8) is 0 Å². The lowest BCUT2D eigenvalue weighted by Gasteiger charge is -2.14. The third-order valence-corrected chi connectivity index (χ3v) is 2.26. The molecular formula is C11H13ClN2O3. The van der Waals surface area contributed by atoms with E-state index in [1.807, 2.05) is 0 Å². The molecule has 2 amide bonds. The van der Waals surface area contributed by atoms with Crippen molar-refractivity contribution in [3.05, 3.63) is 29.3 Å². The van der Waals surface area contributed by atoms with Crippen LogP contribution in [0.1, 0.15) is 6.92 Å². The number of benzene rings is 1. The quantitative estimate of drug-likeness (QED) is 0.814. The van der Waals surface area contributed by atoms with E-state index in [0.29, 0.717) is 10.8 Å². The zero-order chi connectivity index (χ0) is 12.8. The third-order valence-electron chi connectivity index (χ3n) is 1.95. The van der Waals surface area contributed by atoms with Gasteiger partial charge in [0.05, 0.1) is 11.6 Å². The molecule has 0 aliphatic rings. The number of halogens is 1. The van der Waals surface area contributed by atoms with Crippen molar-refractivity contribution in [3.8, 4) is 5.75 Å². The Balaban J connectivity index is 2.54. The summed E-state index contributed by atoms with van der Waals surface area (Å²) in [5.74, 6) is -0.622. The SMILES string of the molecule is CC(Oc1ccccc1Cl)C(=O)NCC(N)=O. The van der Waals surface area contributed by atoms with E-state index in [4.69, 9.17) is 22.1 Å². The molecular weight excluding hydrogens is 244 g/mol. The smallest absolute Gasteiger partial charge is 0.261 e. The molecule has 1 aromatic carbocycles. The van der Waals surface area contributed by atoms with E-state index >= 15 is 0 Å². The van der Waals surface area contributed by atoms with Crippen molar-refractivity contribution in [2.45, 2.75) is 13.0 Å². The number of hydrogen-bond donors (Lipinski definition) is 2. The van der Waals surface area contributed by atoms with Crippen LogP contribution in [0.4, 0.5) is 0 Å². The molecule has 0 fully saturated rings. The fourth-order valence-corrected chi connectivity index (χ4v) is 1.28. The molecule has 0 radical (unpaired) electrons. The van der Waals surface area contributed by atoms with Crippen LogP contribution in [0, 0.1) is 0 Å². The van der Waals surface area contributed by atoms with Gasteiger partial charge in [0.25, 0.3) is 5.91 Å². The minimum atomic E-state index is -0.755. The Bertz CT molecular complexity index is 423. The molecule has 0 spiro atoms. The summed E-state index contributed by atoms with van der Waals surface area (Å²) < 4.78 is 5.34. The van der Waals surface area contributed by atoms with Crippen LogP contribution in [-0.2, 0) is 9.59 Å². The summed E-state index contributed by atoms with van der Waals surface area (Å²) in [5.41, 5.74) is 4.90. The van der Waals surface area contributed by atoms with Gasteiger partial charge in [-0.2, -0.15) is 0 Å². The van der Waals surface area contributed by atoms with Gasteiger partial charge in [0.1, 0.15) is 5.75 Å². The van der Waals surface area contributed by atoms with E-state index in [1.54, 1.807) is 31.2 Å². The Hall–Kier alpha value is -1.75. The van der Waals surface area contributed by atoms with Crippen molar-refractivity contribution < 1.29 is 14.3 Å². The average molecular weight is 257 g/mol. The Morgan fingerprint density at radius 2 is 2.12 bits per heavy atom. The van der Waals surface area contributed by atoms with Gasteiger partial charge in [0, 0.05) is 0 Å². The molecule has 3 N–H and O–H groups in total. The maximum absolute atomic E-state index is 11.5. The molecule has 0 saturated heterocycles. The van der Waals surface area contributed by atoms with E-state index < -0.39 is 17.9 Å². The zero-order valence-corrected chi connectivity index (χ0v) is 10.0. The molecule has 0 aliphatic carbocycles. The van der Waals surface area contributed by atoms with E-state index in [0.717, 1.165) is 0 Å². The number of ether oxygens (including phenoxy) is 1. The number of carbonyl (C=O) groups excluding carboxylic acids is 2. The first-order chi connectivity index (χ1) is 8.00. The number of primary amides is 1. The normalized spacial score (nSPS) is 11.6. The minimum absolute atomic E-state index is 0.213. The Labute approximate surface area is 104 Å². The van der Waals surface area contributed by atoms with Gasteiger partial charge < -0.3 is 15.8 Å². The first-order valence-corrected chi connectivity index (χ1v) is 5.35. The van der Waals surface area contributed by atoms with E-state index in [9.17, 15) is 9.59 Å². The molecule has 0 saturated carbocycles. The molecule has 92 valence electrons. The number of hydrogen-bond acceptors (Lipinski definition) is 3. The highest BCUT2D eigenvalue weighted by Crippen LogP contribution is 2.24. The van der Waals surface area contributed by atoms with Crippen LogP contribution in [0.5, 0.6) is 5.75 Å². The van der Waals surface area contributed by atoms with Gasteiger partial charge in [-0.05, 0) is 19.1 Å². The minimum Gasteiger partial charge on any atom is -0.479 e. The summed E-state index contributed by atoms with van der Waals surface area (Å²) in [6.45, 7) is 1.34. The molecule has 0 aromatic heterocycles. The fourth-order valence-electron chi connectivity index (χ4n) is 1.10. The van der Waals surface area contributed by atoms with Gasteiger partial charge >= 0.3 is 0 Å². The van der Waals surface area contributed by atoms with Gasteiger partial charge in [-0.1, -0.05) is 23.7 Å². The molecule has 1 rings (SSSR count). The molecule has 5 nitrogen and oxygen atoms in total. The Morgan fingerprint density at radius 3 is 2.71 bits per heavy atom. The molecule has 1 atom stereocenters. The number of amides is 2. The summed E-state index contributed by atoms with van der Waals surface area (Å²) >= 11 is 5.87. The summed E-state index contributed by atoms with van der Waals surface area (Å²) in [6, 6.07) is 6.81. The average Bonchev–Trinajstić information content (AvgIpc) is 2.28. The molecule has 17 heavy (non-hydrogen) atoms. The van der Waals surface area contributed by atoms with Crippen LogP contribution in [0.15, 0.2) is 24.3 Å². The molecule has 1 aromatic rings. The van der Waals surface area contributed by atoms with Crippen LogP contribution in [0.3, 0.4) is 0 Å². The highest BCUT2D eigenvalue weighted by atomic mass is 35.5. The second-order valence-corrected chi connectivity index (χ2v) is 3.78. The van der Waals surface area contributed by atoms with Crippen molar-refractivity contribution >= 4 is 23.4 Å². The number of carbonyl (C=O) groups is 2. The van der Waals surface area contributed by atoms with Crippen LogP contribution >= 0.6 is 11.6 Å². The van der Waals surface area contributed by atoms with Crippen molar-refractivity contribution in [1.82, 2.24) is 5.32 Å². The largest absolute Gasteiger partial charge is 0.479 e. The van der Waals surface area contributed by atoms with Gasteiger partial charge in [-0.3, -0.25) is 9.59 Å². The van der Waals surface area contributed by atoms with E-state index in [1.165, 1.54) is 0 Å². The number of nitrogens with two attached hydrogens (primary N) is 1. The van der Waals surface area contributed by atoms with Gasteiger partial charge in [0.2, 0.25) is 5.91 Å². The van der Waals surface area contributed by atoms with Crippen molar-refractivity contribution in [1.29, 1.82) is 0 Å². The predicted molar refractivity (Wildman–Crippen MR) is 63.7 cm³/mol. The fraction of sp³-hybridized carbons (Fsp3) is 0.273. The summed E-state index contributed by atoms with van der Waals surface area (Å²) in [7, 11) is 0. The van der Waals surface area contributed by atoms with Gasteiger partial charge in [-0.25, -0.2) is 0 Å². The van der Waals surface area contributed by atoms with E-state index in [2.05, 4.69) is 5.32 Å². The van der Waals surface area contributed by atoms with Crippen LogP contribution < -0.4 is 15.8 Å². The first-order valence-electron chi connectivity index (χ1n) is 4.98. The number of rotatable bonds is 5. The molecule has 0 aliphatic heterocycles. The third kappa shape index (κ3) is 4.32. The standard InChI is InChI=1S/C11H13ClN2O3/c1-7(11(16)14-6-10(13)15)17-9-5-3-2-4-8(9)12/h2-5,7H,6H2,1H3,(H2,13,15)(H,14,16). The van der Waals surface area contributed by atoms with E-state index in [-0.39, 0.29) is 6.54 Å². The summed E-state index contributed by atoms with van der Waals surface area (Å²) in [5, 5.41) is 2.76. The lowest BCUT2D eigenvalue weighted by Crippen LogP contribution is -2.40. The molecule has 6 heteroatoms. The topological polar surface area (TPSA) is 81.4 Å². The molecule has 0 heterocycles.